The van der Waals surface area contributed by atoms with Crippen LogP contribution in [0.5, 0.6) is 0 Å². The first-order valence-corrected chi connectivity index (χ1v) is 2.80. The molecule has 1 aliphatic rings. The molecule has 1 atom stereocenters. The van der Waals surface area contributed by atoms with E-state index in [4.69, 9.17) is 4.74 Å². The molecule has 0 aliphatic carbocycles. The van der Waals surface area contributed by atoms with Crippen molar-refractivity contribution >= 4 is 0 Å². The van der Waals surface area contributed by atoms with Crippen LogP contribution < -0.4 is 0 Å². The molecule has 1 heteroatoms. The maximum Gasteiger partial charge on any atom is 0.0997 e. The van der Waals surface area contributed by atoms with Gasteiger partial charge in [0.25, 0.3) is 0 Å². The summed E-state index contributed by atoms with van der Waals surface area (Å²) in [7, 11) is 0. The molecule has 1 saturated heterocycles. The first-order valence-electron chi connectivity index (χ1n) is 2.80. The van der Waals surface area contributed by atoms with Crippen molar-refractivity contribution in [2.75, 3.05) is 6.61 Å². The topological polar surface area (TPSA) is 12.5 Å². The van der Waals surface area contributed by atoms with Gasteiger partial charge in [-0.15, -0.1) is 11.8 Å². The van der Waals surface area contributed by atoms with Crippen molar-refractivity contribution in [1.82, 2.24) is 0 Å². The smallest absolute Gasteiger partial charge is 0.0997 e. The van der Waals surface area contributed by atoms with Crippen LogP contribution in [0.25, 0.3) is 0 Å². The standard InChI is InChI=1S/C7H10O/c1-3-4-5-7(2)6-8-7/h5-6H2,1-2H3. The summed E-state index contributed by atoms with van der Waals surface area (Å²) < 4.78 is 5.10. The first-order chi connectivity index (χ1) is 3.77. The highest BCUT2D eigenvalue weighted by molar-refractivity contribution is 5.04. The summed E-state index contributed by atoms with van der Waals surface area (Å²) in [5, 5.41) is 0. The quantitative estimate of drug-likeness (QED) is 0.365. The second-order valence-electron chi connectivity index (χ2n) is 2.34. The van der Waals surface area contributed by atoms with Crippen LogP contribution in [-0.4, -0.2) is 12.2 Å². The molecule has 1 rings (SSSR count). The molecular formula is C7H10O. The highest BCUT2D eigenvalue weighted by Crippen LogP contribution is 2.28. The van der Waals surface area contributed by atoms with Gasteiger partial charge in [0.1, 0.15) is 0 Å². The summed E-state index contributed by atoms with van der Waals surface area (Å²) in [6.07, 6.45) is 0.892. The van der Waals surface area contributed by atoms with E-state index >= 15 is 0 Å². The highest BCUT2D eigenvalue weighted by atomic mass is 16.6. The van der Waals surface area contributed by atoms with Crippen LogP contribution in [0.1, 0.15) is 20.3 Å². The van der Waals surface area contributed by atoms with Crippen LogP contribution in [0.3, 0.4) is 0 Å². The van der Waals surface area contributed by atoms with Crippen LogP contribution in [0.4, 0.5) is 0 Å². The normalized spacial score (nSPS) is 33.2. The molecule has 0 radical (unpaired) electrons. The van der Waals surface area contributed by atoms with Gasteiger partial charge in [-0.05, 0) is 13.8 Å². The molecule has 0 aromatic carbocycles. The molecule has 1 nitrogen and oxygen atoms in total. The monoisotopic (exact) mass is 110 g/mol. The van der Waals surface area contributed by atoms with E-state index in [1.807, 2.05) is 6.92 Å². The average Bonchev–Trinajstić information content (AvgIpc) is 2.45. The van der Waals surface area contributed by atoms with Gasteiger partial charge in [-0.3, -0.25) is 0 Å². The molecular weight excluding hydrogens is 100 g/mol. The highest BCUT2D eigenvalue weighted by Gasteiger charge is 2.37. The van der Waals surface area contributed by atoms with Crippen LogP contribution in [-0.2, 0) is 4.74 Å². The Bertz CT molecular complexity index is 134. The maximum absolute atomic E-state index is 5.10. The number of rotatable bonds is 1. The third kappa shape index (κ3) is 1.24. The molecule has 0 aromatic heterocycles. The molecule has 44 valence electrons. The Morgan fingerprint density at radius 1 is 1.75 bits per heavy atom. The van der Waals surface area contributed by atoms with E-state index in [9.17, 15) is 0 Å². The minimum absolute atomic E-state index is 0.128. The molecule has 0 saturated carbocycles. The second kappa shape index (κ2) is 1.80. The molecule has 0 spiro atoms. The summed E-state index contributed by atoms with van der Waals surface area (Å²) >= 11 is 0. The van der Waals surface area contributed by atoms with Crippen molar-refractivity contribution in [3.63, 3.8) is 0 Å². The molecule has 0 amide bonds. The Kier molecular flexibility index (Phi) is 1.27. The Labute approximate surface area is 50.0 Å². The Hall–Kier alpha value is -0.480. The zero-order valence-corrected chi connectivity index (χ0v) is 5.32. The molecule has 0 aromatic rings. The summed E-state index contributed by atoms with van der Waals surface area (Å²) in [6, 6.07) is 0. The van der Waals surface area contributed by atoms with E-state index in [0.29, 0.717) is 0 Å². The van der Waals surface area contributed by atoms with Gasteiger partial charge in [-0.25, -0.2) is 0 Å². The van der Waals surface area contributed by atoms with Crippen LogP contribution in [0, 0.1) is 11.8 Å². The van der Waals surface area contributed by atoms with Gasteiger partial charge < -0.3 is 4.74 Å². The predicted octanol–water partition coefficient (Wildman–Crippen LogP) is 1.19. The summed E-state index contributed by atoms with van der Waals surface area (Å²) in [6.45, 7) is 4.82. The lowest BCUT2D eigenvalue weighted by Gasteiger charge is -1.92. The van der Waals surface area contributed by atoms with E-state index in [1.165, 1.54) is 0 Å². The van der Waals surface area contributed by atoms with Crippen LogP contribution >= 0.6 is 0 Å². The molecule has 0 N–H and O–H groups in total. The summed E-state index contributed by atoms with van der Waals surface area (Å²) in [4.78, 5) is 0. The van der Waals surface area contributed by atoms with Crippen molar-refractivity contribution in [3.8, 4) is 11.8 Å². The summed E-state index contributed by atoms with van der Waals surface area (Å²) in [5.74, 6) is 5.81. The van der Waals surface area contributed by atoms with E-state index in [0.717, 1.165) is 13.0 Å². The third-order valence-corrected chi connectivity index (χ3v) is 1.28. The zero-order valence-electron chi connectivity index (χ0n) is 5.32. The minimum atomic E-state index is 0.128. The molecule has 1 heterocycles. The van der Waals surface area contributed by atoms with Crippen molar-refractivity contribution in [1.29, 1.82) is 0 Å². The van der Waals surface area contributed by atoms with Gasteiger partial charge in [0.2, 0.25) is 0 Å². The van der Waals surface area contributed by atoms with E-state index < -0.39 is 0 Å². The Balaban J connectivity index is 2.26. The summed E-state index contributed by atoms with van der Waals surface area (Å²) in [5.41, 5.74) is 0.128. The lowest BCUT2D eigenvalue weighted by Crippen LogP contribution is -2.00. The molecule has 1 aliphatic heterocycles. The second-order valence-corrected chi connectivity index (χ2v) is 2.34. The van der Waals surface area contributed by atoms with Gasteiger partial charge in [0, 0.05) is 6.42 Å². The predicted molar refractivity (Wildman–Crippen MR) is 32.4 cm³/mol. The zero-order chi connectivity index (χ0) is 6.04. The lowest BCUT2D eigenvalue weighted by molar-refractivity contribution is 0.328. The fraction of sp³-hybridized carbons (Fsp3) is 0.714. The third-order valence-electron chi connectivity index (χ3n) is 1.28. The van der Waals surface area contributed by atoms with E-state index in [-0.39, 0.29) is 5.60 Å². The van der Waals surface area contributed by atoms with Crippen molar-refractivity contribution in [2.24, 2.45) is 0 Å². The largest absolute Gasteiger partial charge is 0.369 e. The first kappa shape index (κ1) is 5.65. The van der Waals surface area contributed by atoms with E-state index in [2.05, 4.69) is 18.8 Å². The van der Waals surface area contributed by atoms with Gasteiger partial charge in [-0.2, -0.15) is 0 Å². The van der Waals surface area contributed by atoms with Crippen LogP contribution in [0.15, 0.2) is 0 Å². The fourth-order valence-corrected chi connectivity index (χ4v) is 0.501. The average molecular weight is 110 g/mol. The van der Waals surface area contributed by atoms with E-state index in [1.54, 1.807) is 0 Å². The number of hydrogen-bond acceptors (Lipinski definition) is 1. The fourth-order valence-electron chi connectivity index (χ4n) is 0.501. The molecule has 1 unspecified atom stereocenters. The molecule has 0 bridgehead atoms. The Morgan fingerprint density at radius 2 is 2.38 bits per heavy atom. The lowest BCUT2D eigenvalue weighted by atomic mass is 10.1. The number of hydrogen-bond donors (Lipinski definition) is 0. The number of ether oxygens (including phenoxy) is 1. The number of epoxide rings is 1. The van der Waals surface area contributed by atoms with Crippen LogP contribution in [0.2, 0.25) is 0 Å². The minimum Gasteiger partial charge on any atom is -0.369 e. The molecule has 1 fully saturated rings. The van der Waals surface area contributed by atoms with Crippen molar-refractivity contribution in [3.05, 3.63) is 0 Å². The van der Waals surface area contributed by atoms with Gasteiger partial charge >= 0.3 is 0 Å². The Morgan fingerprint density at radius 3 is 2.75 bits per heavy atom. The maximum atomic E-state index is 5.10. The van der Waals surface area contributed by atoms with Crippen molar-refractivity contribution < 1.29 is 4.74 Å². The van der Waals surface area contributed by atoms with Crippen molar-refractivity contribution in [2.45, 2.75) is 25.9 Å². The molecule has 8 heavy (non-hydrogen) atoms. The van der Waals surface area contributed by atoms with Gasteiger partial charge in [0.05, 0.1) is 12.2 Å². The van der Waals surface area contributed by atoms with Gasteiger partial charge in [0.15, 0.2) is 0 Å². The van der Waals surface area contributed by atoms with Gasteiger partial charge in [-0.1, -0.05) is 0 Å². The SMILES string of the molecule is CC#CCC1(C)CO1.